The van der Waals surface area contributed by atoms with Crippen LogP contribution >= 0.6 is 0 Å². The first-order valence-corrected chi connectivity index (χ1v) is 8.87. The fourth-order valence-corrected chi connectivity index (χ4v) is 2.77. The lowest BCUT2D eigenvalue weighted by atomic mass is 10.1. The number of hydrogen-bond donors (Lipinski definition) is 2. The van der Waals surface area contributed by atoms with E-state index in [2.05, 4.69) is 10.6 Å². The summed E-state index contributed by atoms with van der Waals surface area (Å²) in [7, 11) is 5.66. The Morgan fingerprint density at radius 1 is 0.821 bits per heavy atom. The second kappa shape index (κ2) is 9.03. The third-order valence-corrected chi connectivity index (χ3v) is 4.04. The minimum atomic E-state index is -0.257. The number of hydrogen-bond acceptors (Lipinski definition) is 4. The van der Waals surface area contributed by atoms with Crippen LogP contribution in [0, 0.1) is 0 Å². The molecule has 0 aliphatic rings. The van der Waals surface area contributed by atoms with Gasteiger partial charge in [-0.05, 0) is 35.9 Å². The number of carbonyl (C=O) groups is 3. The van der Waals surface area contributed by atoms with Gasteiger partial charge in [0.25, 0.3) is 5.91 Å². The molecule has 148 valence electrons. The van der Waals surface area contributed by atoms with E-state index in [9.17, 15) is 14.4 Å². The first-order chi connectivity index (χ1) is 13.2. The summed E-state index contributed by atoms with van der Waals surface area (Å²) >= 11 is 0. The molecule has 2 aromatic carbocycles. The van der Waals surface area contributed by atoms with E-state index >= 15 is 0 Å². The van der Waals surface area contributed by atoms with Crippen LogP contribution in [0.4, 0.5) is 17.1 Å². The number of rotatable bonds is 6. The molecule has 28 heavy (non-hydrogen) atoms. The summed E-state index contributed by atoms with van der Waals surface area (Å²) in [5.41, 5.74) is 3.36. The quantitative estimate of drug-likeness (QED) is 0.805. The highest BCUT2D eigenvalue weighted by Gasteiger charge is 2.15. The molecule has 0 spiro atoms. The van der Waals surface area contributed by atoms with Crippen molar-refractivity contribution in [2.45, 2.75) is 20.4 Å². The normalized spacial score (nSPS) is 10.2. The Morgan fingerprint density at radius 2 is 1.32 bits per heavy atom. The fourth-order valence-electron chi connectivity index (χ4n) is 2.77. The fraction of sp³-hybridized carbons (Fsp3) is 0.286. The molecule has 2 rings (SSSR count). The van der Waals surface area contributed by atoms with Crippen LogP contribution in [0.3, 0.4) is 0 Å². The Bertz CT molecular complexity index is 841. The zero-order chi connectivity index (χ0) is 20.8. The lowest BCUT2D eigenvalue weighted by Gasteiger charge is -2.19. The third kappa shape index (κ3) is 5.84. The lowest BCUT2D eigenvalue weighted by molar-refractivity contribution is -0.115. The number of anilines is 3. The highest BCUT2D eigenvalue weighted by molar-refractivity contribution is 5.99. The van der Waals surface area contributed by atoms with Crippen molar-refractivity contribution < 1.29 is 14.4 Å². The predicted molar refractivity (Wildman–Crippen MR) is 112 cm³/mol. The van der Waals surface area contributed by atoms with E-state index in [0.717, 1.165) is 11.3 Å². The van der Waals surface area contributed by atoms with Gasteiger partial charge in [0, 0.05) is 64.2 Å². The summed E-state index contributed by atoms with van der Waals surface area (Å²) in [6, 6.07) is 12.8. The van der Waals surface area contributed by atoms with Crippen LogP contribution in [0.25, 0.3) is 0 Å². The summed E-state index contributed by atoms with van der Waals surface area (Å²) < 4.78 is 0. The molecular weight excluding hydrogens is 356 g/mol. The molecule has 0 atom stereocenters. The van der Waals surface area contributed by atoms with Crippen molar-refractivity contribution in [2.75, 3.05) is 36.7 Å². The Morgan fingerprint density at radius 3 is 1.75 bits per heavy atom. The van der Waals surface area contributed by atoms with Crippen LogP contribution in [-0.4, -0.2) is 43.8 Å². The van der Waals surface area contributed by atoms with Crippen LogP contribution in [0.1, 0.15) is 29.8 Å². The molecule has 0 unspecified atom stereocenters. The molecule has 0 aliphatic heterocycles. The maximum atomic E-state index is 12.9. The summed E-state index contributed by atoms with van der Waals surface area (Å²) in [6.07, 6.45) is 0. The Balaban J connectivity index is 2.22. The van der Waals surface area contributed by atoms with Crippen molar-refractivity contribution in [2.24, 2.45) is 0 Å². The monoisotopic (exact) mass is 382 g/mol. The molecule has 7 nitrogen and oxygen atoms in total. The molecule has 0 saturated carbocycles. The molecular formula is C21H26N4O3. The van der Waals surface area contributed by atoms with Gasteiger partial charge in [0.1, 0.15) is 0 Å². The third-order valence-electron chi connectivity index (χ3n) is 4.04. The maximum Gasteiger partial charge on any atom is 0.254 e. The van der Waals surface area contributed by atoms with Gasteiger partial charge in [0.05, 0.1) is 0 Å². The molecule has 0 aromatic heterocycles. The van der Waals surface area contributed by atoms with Gasteiger partial charge in [0.2, 0.25) is 11.8 Å². The Hall–Kier alpha value is -3.35. The number of nitrogens with zero attached hydrogens (tertiary/aromatic N) is 2. The van der Waals surface area contributed by atoms with E-state index in [1.165, 1.54) is 13.8 Å². The average Bonchev–Trinajstić information content (AvgIpc) is 2.60. The molecule has 2 N–H and O–H groups in total. The van der Waals surface area contributed by atoms with Gasteiger partial charge >= 0.3 is 0 Å². The maximum absolute atomic E-state index is 12.9. The van der Waals surface area contributed by atoms with Crippen molar-refractivity contribution in [3.05, 3.63) is 53.6 Å². The van der Waals surface area contributed by atoms with E-state index in [1.54, 1.807) is 30.1 Å². The summed E-state index contributed by atoms with van der Waals surface area (Å²) in [5, 5.41) is 5.31. The Labute approximate surface area is 165 Å². The number of nitrogens with one attached hydrogen (secondary N) is 2. The molecule has 2 aromatic rings. The van der Waals surface area contributed by atoms with Crippen molar-refractivity contribution in [3.8, 4) is 0 Å². The zero-order valence-corrected chi connectivity index (χ0v) is 16.9. The standard InChI is InChI=1S/C21H26N4O3/c1-14(26)22-18-10-17(11-19(12-18)23-15(2)27)21(28)25(5)13-16-6-8-20(9-7-16)24(3)4/h6-12H,13H2,1-5H3,(H,22,26)(H,23,27). The van der Waals surface area contributed by atoms with Crippen LogP contribution in [-0.2, 0) is 16.1 Å². The largest absolute Gasteiger partial charge is 0.378 e. The summed E-state index contributed by atoms with van der Waals surface area (Å²) in [4.78, 5) is 39.3. The van der Waals surface area contributed by atoms with Gasteiger partial charge in [-0.15, -0.1) is 0 Å². The van der Waals surface area contributed by atoms with Crippen molar-refractivity contribution in [3.63, 3.8) is 0 Å². The first-order valence-electron chi connectivity index (χ1n) is 8.87. The molecule has 0 heterocycles. The predicted octanol–water partition coefficient (Wildman–Crippen LogP) is 2.94. The number of amides is 3. The summed E-state index contributed by atoms with van der Waals surface area (Å²) in [5.74, 6) is -0.726. The molecule has 0 bridgehead atoms. The van der Waals surface area contributed by atoms with E-state index in [4.69, 9.17) is 0 Å². The van der Waals surface area contributed by atoms with Crippen molar-refractivity contribution in [1.82, 2.24) is 4.90 Å². The average molecular weight is 382 g/mol. The lowest BCUT2D eigenvalue weighted by Crippen LogP contribution is -2.26. The topological polar surface area (TPSA) is 81.8 Å². The van der Waals surface area contributed by atoms with Crippen LogP contribution in [0.15, 0.2) is 42.5 Å². The van der Waals surface area contributed by atoms with Gasteiger partial charge in [-0.1, -0.05) is 12.1 Å². The minimum absolute atomic E-state index is 0.213. The smallest absolute Gasteiger partial charge is 0.254 e. The van der Waals surface area contributed by atoms with Crippen LogP contribution < -0.4 is 15.5 Å². The van der Waals surface area contributed by atoms with Gasteiger partial charge in [-0.25, -0.2) is 0 Å². The second-order valence-corrected chi connectivity index (χ2v) is 6.88. The van der Waals surface area contributed by atoms with Crippen molar-refractivity contribution >= 4 is 34.8 Å². The minimum Gasteiger partial charge on any atom is -0.378 e. The SMILES string of the molecule is CC(=O)Nc1cc(NC(C)=O)cc(C(=O)N(C)Cc2ccc(N(C)C)cc2)c1. The highest BCUT2D eigenvalue weighted by atomic mass is 16.2. The highest BCUT2D eigenvalue weighted by Crippen LogP contribution is 2.21. The molecule has 0 saturated heterocycles. The van der Waals surface area contributed by atoms with E-state index in [0.29, 0.717) is 23.5 Å². The van der Waals surface area contributed by atoms with Crippen LogP contribution in [0.2, 0.25) is 0 Å². The van der Waals surface area contributed by atoms with Crippen molar-refractivity contribution in [1.29, 1.82) is 0 Å². The van der Waals surface area contributed by atoms with Crippen LogP contribution in [0.5, 0.6) is 0 Å². The first kappa shape index (κ1) is 21.0. The molecule has 0 aliphatic carbocycles. The number of carbonyl (C=O) groups excluding carboxylic acids is 3. The van der Waals surface area contributed by atoms with Gasteiger partial charge in [-0.2, -0.15) is 0 Å². The van der Waals surface area contributed by atoms with Gasteiger partial charge < -0.3 is 20.4 Å². The number of benzene rings is 2. The molecule has 7 heteroatoms. The Kier molecular flexibility index (Phi) is 6.76. The second-order valence-electron chi connectivity index (χ2n) is 6.88. The van der Waals surface area contributed by atoms with E-state index < -0.39 is 0 Å². The van der Waals surface area contributed by atoms with Gasteiger partial charge in [-0.3, -0.25) is 14.4 Å². The van der Waals surface area contributed by atoms with E-state index in [1.807, 2.05) is 43.3 Å². The zero-order valence-electron chi connectivity index (χ0n) is 16.9. The summed E-state index contributed by atoms with van der Waals surface area (Å²) in [6.45, 7) is 3.21. The molecule has 0 radical (unpaired) electrons. The molecule has 3 amide bonds. The molecule has 0 fully saturated rings. The van der Waals surface area contributed by atoms with E-state index in [-0.39, 0.29) is 17.7 Å². The van der Waals surface area contributed by atoms with Gasteiger partial charge in [0.15, 0.2) is 0 Å².